The fourth-order valence-corrected chi connectivity index (χ4v) is 2.66. The van der Waals surface area contributed by atoms with Crippen molar-refractivity contribution < 1.29 is 4.79 Å². The Balaban J connectivity index is 1.51. The number of hydrogen-bond donors (Lipinski definition) is 2. The number of nitrogens with zero attached hydrogens (tertiary/aromatic N) is 4. The molecule has 0 aliphatic carbocycles. The van der Waals surface area contributed by atoms with Crippen molar-refractivity contribution in [2.24, 2.45) is 0 Å². The maximum absolute atomic E-state index is 12.5. The molecular weight excluding hydrogens is 328 g/mol. The van der Waals surface area contributed by atoms with E-state index >= 15 is 0 Å². The maximum Gasteiger partial charge on any atom is 0.255 e. The number of tetrazole rings is 1. The van der Waals surface area contributed by atoms with Crippen molar-refractivity contribution in [1.29, 1.82) is 0 Å². The predicted molar refractivity (Wildman–Crippen MR) is 99.9 cm³/mol. The smallest absolute Gasteiger partial charge is 0.255 e. The van der Waals surface area contributed by atoms with Crippen LogP contribution in [0.5, 0.6) is 0 Å². The molecule has 0 unspecified atom stereocenters. The third-order valence-electron chi connectivity index (χ3n) is 4.11. The van der Waals surface area contributed by atoms with Crippen LogP contribution < -0.4 is 5.32 Å². The monoisotopic (exact) mass is 346 g/mol. The van der Waals surface area contributed by atoms with Gasteiger partial charge in [0.1, 0.15) is 0 Å². The van der Waals surface area contributed by atoms with E-state index in [1.54, 1.807) is 16.9 Å². The van der Waals surface area contributed by atoms with Crippen LogP contribution in [0.2, 0.25) is 0 Å². The van der Waals surface area contributed by atoms with Gasteiger partial charge in [-0.1, -0.05) is 18.2 Å². The number of fused-ring (bicyclic) bond motifs is 1. The van der Waals surface area contributed by atoms with Gasteiger partial charge in [0.2, 0.25) is 5.82 Å². The Morgan fingerprint density at radius 2 is 1.92 bits per heavy atom. The fraction of sp³-hybridized carbons (Fsp3) is 0.158. The summed E-state index contributed by atoms with van der Waals surface area (Å²) in [4.78, 5) is 17.2. The summed E-state index contributed by atoms with van der Waals surface area (Å²) in [5, 5.41) is 16.4. The molecule has 0 saturated carbocycles. The van der Waals surface area contributed by atoms with E-state index in [9.17, 15) is 4.79 Å². The molecule has 7 heteroatoms. The molecule has 0 spiro atoms. The minimum atomic E-state index is -0.166. The number of H-pyrrole nitrogens is 1. The van der Waals surface area contributed by atoms with Gasteiger partial charge in [-0.3, -0.25) is 4.79 Å². The number of nitrogens with one attached hydrogen (secondary N) is 2. The van der Waals surface area contributed by atoms with Gasteiger partial charge in [-0.25, -0.2) is 0 Å². The summed E-state index contributed by atoms with van der Waals surface area (Å²) < 4.78 is 0. The molecule has 4 rings (SSSR count). The number of carbonyl (C=O) groups is 1. The van der Waals surface area contributed by atoms with Crippen LogP contribution in [0.1, 0.15) is 30.2 Å². The van der Waals surface area contributed by atoms with Crippen molar-refractivity contribution in [3.63, 3.8) is 0 Å². The summed E-state index contributed by atoms with van der Waals surface area (Å²) in [5.41, 5.74) is 3.12. The van der Waals surface area contributed by atoms with E-state index in [4.69, 9.17) is 0 Å². The molecule has 1 amide bonds. The molecular formula is C19H18N6O. The first-order valence-corrected chi connectivity index (χ1v) is 8.38. The third-order valence-corrected chi connectivity index (χ3v) is 4.11. The van der Waals surface area contributed by atoms with E-state index in [0.717, 1.165) is 22.2 Å². The van der Waals surface area contributed by atoms with Crippen LogP contribution in [0.15, 0.2) is 54.7 Å². The number of aromatic nitrogens is 5. The van der Waals surface area contributed by atoms with E-state index in [1.807, 2.05) is 56.4 Å². The lowest BCUT2D eigenvalue weighted by atomic mass is 10.1. The van der Waals surface area contributed by atoms with Gasteiger partial charge >= 0.3 is 0 Å². The second-order valence-corrected chi connectivity index (χ2v) is 6.34. The molecule has 2 aromatic heterocycles. The van der Waals surface area contributed by atoms with Crippen molar-refractivity contribution in [1.82, 2.24) is 25.2 Å². The minimum absolute atomic E-state index is 0.151. The Hall–Kier alpha value is -3.48. The van der Waals surface area contributed by atoms with Gasteiger partial charge in [0, 0.05) is 28.5 Å². The maximum atomic E-state index is 12.5. The summed E-state index contributed by atoms with van der Waals surface area (Å²) in [5.74, 6) is 0.379. The van der Waals surface area contributed by atoms with E-state index in [2.05, 4.69) is 25.7 Å². The molecule has 0 bridgehead atoms. The third kappa shape index (κ3) is 3.06. The largest absolute Gasteiger partial charge is 0.361 e. The Labute approximate surface area is 150 Å². The van der Waals surface area contributed by atoms with Crippen LogP contribution in [0.4, 0.5) is 5.69 Å². The highest BCUT2D eigenvalue weighted by atomic mass is 16.1. The van der Waals surface area contributed by atoms with Crippen molar-refractivity contribution in [2.75, 3.05) is 5.32 Å². The molecule has 2 aromatic carbocycles. The van der Waals surface area contributed by atoms with Gasteiger partial charge in [0.05, 0.1) is 6.04 Å². The number of aromatic amines is 1. The van der Waals surface area contributed by atoms with Crippen molar-refractivity contribution in [3.8, 4) is 11.4 Å². The Morgan fingerprint density at radius 1 is 1.12 bits per heavy atom. The number of amides is 1. The zero-order valence-corrected chi connectivity index (χ0v) is 14.5. The highest BCUT2D eigenvalue weighted by Crippen LogP contribution is 2.19. The zero-order chi connectivity index (χ0) is 18.1. The molecule has 2 N–H and O–H groups in total. The number of hydrogen-bond acceptors (Lipinski definition) is 4. The lowest BCUT2D eigenvalue weighted by molar-refractivity contribution is 0.102. The summed E-state index contributed by atoms with van der Waals surface area (Å²) >= 11 is 0. The lowest BCUT2D eigenvalue weighted by Crippen LogP contribution is -2.11. The standard InChI is InChI=1S/C19H18N6O/c1-12(2)25-23-18(22-24-25)14-3-5-15(6-4-14)19(26)21-16-8-7-13-9-10-20-17(13)11-16/h3-12,20H,1-2H3,(H,21,26). The van der Waals surface area contributed by atoms with E-state index in [-0.39, 0.29) is 11.9 Å². The van der Waals surface area contributed by atoms with Crippen LogP contribution in [0.25, 0.3) is 22.3 Å². The number of anilines is 1. The molecule has 26 heavy (non-hydrogen) atoms. The molecule has 0 aliphatic rings. The first-order chi connectivity index (χ1) is 12.6. The van der Waals surface area contributed by atoms with Gasteiger partial charge in [-0.2, -0.15) is 4.80 Å². The molecule has 0 atom stereocenters. The fourth-order valence-electron chi connectivity index (χ4n) is 2.66. The Bertz CT molecular complexity index is 1060. The quantitative estimate of drug-likeness (QED) is 0.590. The van der Waals surface area contributed by atoms with Gasteiger partial charge in [-0.15, -0.1) is 10.2 Å². The van der Waals surface area contributed by atoms with E-state index in [1.165, 1.54) is 0 Å². The number of benzene rings is 2. The normalized spacial score (nSPS) is 11.2. The van der Waals surface area contributed by atoms with Crippen LogP contribution >= 0.6 is 0 Å². The van der Waals surface area contributed by atoms with Gasteiger partial charge in [0.25, 0.3) is 5.91 Å². The highest BCUT2D eigenvalue weighted by molar-refractivity contribution is 6.05. The molecule has 7 nitrogen and oxygen atoms in total. The van der Waals surface area contributed by atoms with Crippen LogP contribution in [0, 0.1) is 0 Å². The average Bonchev–Trinajstić information content (AvgIpc) is 3.31. The zero-order valence-electron chi connectivity index (χ0n) is 14.5. The summed E-state index contributed by atoms with van der Waals surface area (Å²) in [6.07, 6.45) is 1.87. The van der Waals surface area contributed by atoms with Gasteiger partial charge in [-0.05, 0) is 54.8 Å². The number of carbonyl (C=O) groups excluding carboxylic acids is 1. The van der Waals surface area contributed by atoms with E-state index < -0.39 is 0 Å². The predicted octanol–water partition coefficient (Wildman–Crippen LogP) is 3.65. The Morgan fingerprint density at radius 3 is 2.65 bits per heavy atom. The molecule has 2 heterocycles. The number of rotatable bonds is 4. The topological polar surface area (TPSA) is 88.5 Å². The lowest BCUT2D eigenvalue weighted by Gasteiger charge is -2.06. The molecule has 0 aliphatic heterocycles. The minimum Gasteiger partial charge on any atom is -0.361 e. The SMILES string of the molecule is CC(C)n1nnc(-c2ccc(C(=O)Nc3ccc4cc[nH]c4c3)cc2)n1. The Kier molecular flexibility index (Phi) is 3.96. The highest BCUT2D eigenvalue weighted by Gasteiger charge is 2.10. The average molecular weight is 346 g/mol. The molecule has 130 valence electrons. The van der Waals surface area contributed by atoms with Crippen LogP contribution in [0.3, 0.4) is 0 Å². The van der Waals surface area contributed by atoms with Crippen LogP contribution in [-0.2, 0) is 0 Å². The molecule has 0 radical (unpaired) electrons. The summed E-state index contributed by atoms with van der Waals surface area (Å²) in [6.45, 7) is 3.98. The molecule has 4 aromatic rings. The van der Waals surface area contributed by atoms with Gasteiger partial charge in [0.15, 0.2) is 0 Å². The second kappa shape index (κ2) is 6.44. The van der Waals surface area contributed by atoms with Crippen molar-refractivity contribution in [3.05, 3.63) is 60.3 Å². The van der Waals surface area contributed by atoms with Crippen molar-refractivity contribution in [2.45, 2.75) is 19.9 Å². The summed E-state index contributed by atoms with van der Waals surface area (Å²) in [6, 6.07) is 15.1. The first kappa shape index (κ1) is 16.0. The van der Waals surface area contributed by atoms with Crippen LogP contribution in [-0.4, -0.2) is 31.1 Å². The first-order valence-electron chi connectivity index (χ1n) is 8.38. The van der Waals surface area contributed by atoms with E-state index in [0.29, 0.717) is 11.4 Å². The summed E-state index contributed by atoms with van der Waals surface area (Å²) in [7, 11) is 0. The molecule has 0 fully saturated rings. The molecule has 0 saturated heterocycles. The van der Waals surface area contributed by atoms with Crippen molar-refractivity contribution >= 4 is 22.5 Å². The van der Waals surface area contributed by atoms with Gasteiger partial charge < -0.3 is 10.3 Å². The second-order valence-electron chi connectivity index (χ2n) is 6.34.